The van der Waals surface area contributed by atoms with E-state index in [0.29, 0.717) is 0 Å². The predicted octanol–water partition coefficient (Wildman–Crippen LogP) is 1.72. The van der Waals surface area contributed by atoms with Crippen molar-refractivity contribution in [2.45, 2.75) is 39.7 Å². The van der Waals surface area contributed by atoms with Gasteiger partial charge in [-0.25, -0.2) is 0 Å². The van der Waals surface area contributed by atoms with Crippen LogP contribution in [0.5, 0.6) is 0 Å². The lowest BCUT2D eigenvalue weighted by atomic mass is 10.1. The summed E-state index contributed by atoms with van der Waals surface area (Å²) in [5.74, 6) is 0.807. The second kappa shape index (κ2) is 5.61. The molecule has 78 valence electrons. The van der Waals surface area contributed by atoms with Crippen molar-refractivity contribution in [1.29, 1.82) is 0 Å². The number of unbranched alkanes of at least 4 members (excludes halogenated alkanes) is 1. The first-order valence-corrected chi connectivity index (χ1v) is 5.68. The average molecular weight is 184 g/mol. The zero-order valence-corrected chi connectivity index (χ0v) is 9.34. The summed E-state index contributed by atoms with van der Waals surface area (Å²) < 4.78 is 0. The van der Waals surface area contributed by atoms with Gasteiger partial charge in [0.25, 0.3) is 0 Å². The number of nitrogens with one attached hydrogen (secondary N) is 1. The average Bonchev–Trinajstić information content (AvgIpc) is 2.25. The van der Waals surface area contributed by atoms with Crippen molar-refractivity contribution in [2.24, 2.45) is 5.92 Å². The summed E-state index contributed by atoms with van der Waals surface area (Å²) in [4.78, 5) is 2.63. The topological polar surface area (TPSA) is 15.3 Å². The van der Waals surface area contributed by atoms with Crippen LogP contribution in [0.2, 0.25) is 0 Å². The van der Waals surface area contributed by atoms with Gasteiger partial charge in [-0.3, -0.25) is 4.90 Å². The zero-order valence-electron chi connectivity index (χ0n) is 9.34. The van der Waals surface area contributed by atoms with Crippen LogP contribution < -0.4 is 5.32 Å². The molecule has 0 amide bonds. The van der Waals surface area contributed by atoms with E-state index in [4.69, 9.17) is 0 Å². The molecule has 0 aromatic rings. The first-order chi connectivity index (χ1) is 6.24. The highest BCUT2D eigenvalue weighted by atomic mass is 15.2. The van der Waals surface area contributed by atoms with Gasteiger partial charge in [0.1, 0.15) is 0 Å². The van der Waals surface area contributed by atoms with E-state index in [1.165, 1.54) is 32.5 Å². The second-order valence-electron chi connectivity index (χ2n) is 4.46. The molecule has 1 aliphatic heterocycles. The van der Waals surface area contributed by atoms with Crippen LogP contribution in [-0.4, -0.2) is 37.1 Å². The van der Waals surface area contributed by atoms with Gasteiger partial charge in [-0.2, -0.15) is 0 Å². The van der Waals surface area contributed by atoms with Gasteiger partial charge >= 0.3 is 0 Å². The van der Waals surface area contributed by atoms with Crippen LogP contribution in [0, 0.1) is 5.92 Å². The van der Waals surface area contributed by atoms with Crippen molar-refractivity contribution < 1.29 is 0 Å². The molecule has 0 aromatic carbocycles. The molecule has 13 heavy (non-hydrogen) atoms. The predicted molar refractivity (Wildman–Crippen MR) is 58.0 cm³/mol. The lowest BCUT2D eigenvalue weighted by Gasteiger charge is -2.27. The molecule has 0 radical (unpaired) electrons. The minimum atomic E-state index is 0.719. The summed E-state index contributed by atoms with van der Waals surface area (Å²) in [6.07, 6.45) is 2.65. The molecule has 0 spiro atoms. The monoisotopic (exact) mass is 184 g/mol. The van der Waals surface area contributed by atoms with E-state index in [2.05, 4.69) is 31.0 Å². The van der Waals surface area contributed by atoms with Crippen LogP contribution in [0.4, 0.5) is 0 Å². The largest absolute Gasteiger partial charge is 0.315 e. The lowest BCUT2D eigenvalue weighted by Crippen LogP contribution is -2.38. The van der Waals surface area contributed by atoms with E-state index in [9.17, 15) is 0 Å². The van der Waals surface area contributed by atoms with E-state index in [0.717, 1.165) is 18.5 Å². The first-order valence-electron chi connectivity index (χ1n) is 5.68. The molecule has 1 saturated heterocycles. The van der Waals surface area contributed by atoms with E-state index in [-0.39, 0.29) is 0 Å². The van der Waals surface area contributed by atoms with Gasteiger partial charge < -0.3 is 5.32 Å². The maximum atomic E-state index is 3.51. The van der Waals surface area contributed by atoms with E-state index >= 15 is 0 Å². The third kappa shape index (κ3) is 3.65. The summed E-state index contributed by atoms with van der Waals surface area (Å²) in [5.41, 5.74) is 0. The number of nitrogens with zero attached hydrogens (tertiary/aromatic N) is 1. The maximum Gasteiger partial charge on any atom is 0.0192 e. The molecule has 1 aliphatic rings. The Hall–Kier alpha value is -0.0800. The Morgan fingerprint density at radius 3 is 2.77 bits per heavy atom. The van der Waals surface area contributed by atoms with Crippen LogP contribution in [0.15, 0.2) is 0 Å². The minimum absolute atomic E-state index is 0.719. The highest BCUT2D eigenvalue weighted by molar-refractivity contribution is 4.77. The van der Waals surface area contributed by atoms with Crippen LogP contribution in [0.25, 0.3) is 0 Å². The molecule has 0 aromatic heterocycles. The molecule has 0 aliphatic carbocycles. The molecule has 2 heteroatoms. The molecule has 1 heterocycles. The number of rotatable bonds is 3. The third-order valence-electron chi connectivity index (χ3n) is 2.90. The van der Waals surface area contributed by atoms with E-state index in [1.54, 1.807) is 0 Å². The minimum Gasteiger partial charge on any atom is -0.315 e. The highest BCUT2D eigenvalue weighted by Crippen LogP contribution is 2.09. The van der Waals surface area contributed by atoms with Crippen molar-refractivity contribution in [3.05, 3.63) is 0 Å². The second-order valence-corrected chi connectivity index (χ2v) is 4.46. The Morgan fingerprint density at radius 1 is 1.31 bits per heavy atom. The SMILES string of the molecule is CCCCN1CC(C)CNCC1C. The Balaban J connectivity index is 2.37. The molecular weight excluding hydrogens is 160 g/mol. The summed E-state index contributed by atoms with van der Waals surface area (Å²) in [7, 11) is 0. The molecule has 2 atom stereocenters. The fourth-order valence-corrected chi connectivity index (χ4v) is 1.99. The molecule has 0 bridgehead atoms. The molecule has 0 saturated carbocycles. The normalized spacial score (nSPS) is 31.6. The Bertz CT molecular complexity index is 136. The van der Waals surface area contributed by atoms with Crippen molar-refractivity contribution in [1.82, 2.24) is 10.2 Å². The highest BCUT2D eigenvalue weighted by Gasteiger charge is 2.19. The molecule has 1 rings (SSSR count). The lowest BCUT2D eigenvalue weighted by molar-refractivity contribution is 0.201. The third-order valence-corrected chi connectivity index (χ3v) is 2.90. The maximum absolute atomic E-state index is 3.51. The Labute approximate surface area is 82.7 Å². The standard InChI is InChI=1S/C11H24N2/c1-4-5-6-13-9-10(2)7-12-8-11(13)3/h10-12H,4-9H2,1-3H3. The van der Waals surface area contributed by atoms with Crippen molar-refractivity contribution in [3.8, 4) is 0 Å². The molecule has 2 nitrogen and oxygen atoms in total. The Kier molecular flexibility index (Phi) is 4.74. The van der Waals surface area contributed by atoms with Gasteiger partial charge in [0.15, 0.2) is 0 Å². The molecule has 1 fully saturated rings. The van der Waals surface area contributed by atoms with Crippen molar-refractivity contribution >= 4 is 0 Å². The quantitative estimate of drug-likeness (QED) is 0.718. The van der Waals surface area contributed by atoms with Crippen molar-refractivity contribution in [3.63, 3.8) is 0 Å². The smallest absolute Gasteiger partial charge is 0.0192 e. The van der Waals surface area contributed by atoms with Crippen LogP contribution in [0.3, 0.4) is 0 Å². The number of hydrogen-bond acceptors (Lipinski definition) is 2. The molecule has 1 N–H and O–H groups in total. The van der Waals surface area contributed by atoms with E-state index < -0.39 is 0 Å². The summed E-state index contributed by atoms with van der Waals surface area (Å²) in [6.45, 7) is 11.8. The summed E-state index contributed by atoms with van der Waals surface area (Å²) >= 11 is 0. The van der Waals surface area contributed by atoms with E-state index in [1.807, 2.05) is 0 Å². The van der Waals surface area contributed by atoms with Crippen LogP contribution in [0.1, 0.15) is 33.6 Å². The fraction of sp³-hybridized carbons (Fsp3) is 1.00. The summed E-state index contributed by atoms with van der Waals surface area (Å²) in [5, 5.41) is 3.51. The molecular formula is C11H24N2. The summed E-state index contributed by atoms with van der Waals surface area (Å²) in [6, 6.07) is 0.719. The van der Waals surface area contributed by atoms with Gasteiger partial charge in [0.05, 0.1) is 0 Å². The molecule has 2 unspecified atom stereocenters. The Morgan fingerprint density at radius 2 is 2.08 bits per heavy atom. The van der Waals surface area contributed by atoms with Crippen LogP contribution >= 0.6 is 0 Å². The van der Waals surface area contributed by atoms with Crippen LogP contribution in [-0.2, 0) is 0 Å². The van der Waals surface area contributed by atoms with Gasteiger partial charge in [-0.05, 0) is 32.4 Å². The van der Waals surface area contributed by atoms with Gasteiger partial charge in [-0.15, -0.1) is 0 Å². The number of hydrogen-bond donors (Lipinski definition) is 1. The van der Waals surface area contributed by atoms with Gasteiger partial charge in [0, 0.05) is 19.1 Å². The zero-order chi connectivity index (χ0) is 9.68. The van der Waals surface area contributed by atoms with Gasteiger partial charge in [0.2, 0.25) is 0 Å². The van der Waals surface area contributed by atoms with Gasteiger partial charge in [-0.1, -0.05) is 20.3 Å². The first kappa shape index (κ1) is 11.0. The van der Waals surface area contributed by atoms with Crippen molar-refractivity contribution in [2.75, 3.05) is 26.2 Å². The fourth-order valence-electron chi connectivity index (χ4n) is 1.99.